The van der Waals surface area contributed by atoms with Gasteiger partial charge in [0.15, 0.2) is 11.9 Å². The van der Waals surface area contributed by atoms with Crippen molar-refractivity contribution < 1.29 is 19.4 Å². The Balaban J connectivity index is 2.03. The van der Waals surface area contributed by atoms with Gasteiger partial charge in [-0.1, -0.05) is 48.0 Å². The Morgan fingerprint density at radius 1 is 1.14 bits per heavy atom. The minimum atomic E-state index is -1.35. The summed E-state index contributed by atoms with van der Waals surface area (Å²) in [6.07, 6.45) is -0.199. The Morgan fingerprint density at radius 2 is 1.86 bits per heavy atom. The Hall–Kier alpha value is -2.75. The predicted octanol–water partition coefficient (Wildman–Crippen LogP) is 4.16. The van der Waals surface area contributed by atoms with E-state index in [0.717, 1.165) is 16.7 Å². The Labute approximate surface area is 122 Å². The SMILES string of the molecule is Cc1ccc(C2Oc3ccccc3C=C2OC(=O)O)cc1. The van der Waals surface area contributed by atoms with Gasteiger partial charge in [-0.15, -0.1) is 0 Å². The second-order valence-corrected chi connectivity index (χ2v) is 4.86. The lowest BCUT2D eigenvalue weighted by atomic mass is 10.0. The molecule has 4 heteroatoms. The van der Waals surface area contributed by atoms with Gasteiger partial charge in [0.05, 0.1) is 0 Å². The molecule has 0 saturated carbocycles. The van der Waals surface area contributed by atoms with Crippen LogP contribution in [0.2, 0.25) is 0 Å². The molecule has 21 heavy (non-hydrogen) atoms. The maximum absolute atomic E-state index is 10.9. The fourth-order valence-corrected chi connectivity index (χ4v) is 2.28. The summed E-state index contributed by atoms with van der Waals surface area (Å²) in [6, 6.07) is 15.2. The molecule has 0 spiro atoms. The van der Waals surface area contributed by atoms with Crippen LogP contribution >= 0.6 is 0 Å². The Kier molecular flexibility index (Phi) is 3.36. The van der Waals surface area contributed by atoms with Gasteiger partial charge >= 0.3 is 6.16 Å². The van der Waals surface area contributed by atoms with Crippen molar-refractivity contribution in [1.82, 2.24) is 0 Å². The Morgan fingerprint density at radius 3 is 2.57 bits per heavy atom. The van der Waals surface area contributed by atoms with E-state index in [1.54, 1.807) is 6.08 Å². The quantitative estimate of drug-likeness (QED) is 0.840. The van der Waals surface area contributed by atoms with Gasteiger partial charge in [-0.3, -0.25) is 0 Å². The van der Waals surface area contributed by atoms with Gasteiger partial charge in [-0.25, -0.2) is 4.79 Å². The number of carboxylic acid groups (broad SMARTS) is 1. The molecule has 4 nitrogen and oxygen atoms in total. The number of ether oxygens (including phenoxy) is 2. The maximum atomic E-state index is 10.9. The summed E-state index contributed by atoms with van der Waals surface area (Å²) in [7, 11) is 0. The van der Waals surface area contributed by atoms with Crippen LogP contribution in [-0.4, -0.2) is 11.3 Å². The molecule has 2 aromatic carbocycles. The average molecular weight is 282 g/mol. The summed E-state index contributed by atoms with van der Waals surface area (Å²) >= 11 is 0. The third kappa shape index (κ3) is 2.74. The van der Waals surface area contributed by atoms with E-state index in [1.165, 1.54) is 0 Å². The zero-order valence-corrected chi connectivity index (χ0v) is 11.4. The fraction of sp³-hybridized carbons (Fsp3) is 0.118. The molecule has 0 fully saturated rings. The minimum absolute atomic E-state index is 0.269. The third-order valence-corrected chi connectivity index (χ3v) is 3.31. The van der Waals surface area contributed by atoms with E-state index >= 15 is 0 Å². The number of hydrogen-bond donors (Lipinski definition) is 1. The van der Waals surface area contributed by atoms with E-state index in [1.807, 2.05) is 55.5 Å². The zero-order valence-electron chi connectivity index (χ0n) is 11.4. The molecule has 3 rings (SSSR count). The number of rotatable bonds is 2. The van der Waals surface area contributed by atoms with E-state index in [9.17, 15) is 4.79 Å². The number of carbonyl (C=O) groups is 1. The highest BCUT2D eigenvalue weighted by molar-refractivity contribution is 5.67. The first-order valence-electron chi connectivity index (χ1n) is 6.58. The molecule has 0 radical (unpaired) electrons. The number of aryl methyl sites for hydroxylation is 1. The molecule has 1 heterocycles. The monoisotopic (exact) mass is 282 g/mol. The zero-order chi connectivity index (χ0) is 14.8. The summed E-state index contributed by atoms with van der Waals surface area (Å²) in [4.78, 5) is 10.9. The predicted molar refractivity (Wildman–Crippen MR) is 78.1 cm³/mol. The van der Waals surface area contributed by atoms with Gasteiger partial charge in [0.1, 0.15) is 5.75 Å². The highest BCUT2D eigenvalue weighted by atomic mass is 16.7. The van der Waals surface area contributed by atoms with Gasteiger partial charge in [-0.05, 0) is 19.1 Å². The van der Waals surface area contributed by atoms with Crippen molar-refractivity contribution in [1.29, 1.82) is 0 Å². The van der Waals surface area contributed by atoms with Crippen molar-refractivity contribution in [3.63, 3.8) is 0 Å². The standard InChI is InChI=1S/C17H14O4/c1-11-6-8-12(9-7-11)16-15(21-17(18)19)10-13-4-2-3-5-14(13)20-16/h2-10,16H,1H3,(H,18,19). The van der Waals surface area contributed by atoms with E-state index < -0.39 is 12.3 Å². The van der Waals surface area contributed by atoms with Crippen LogP contribution in [0.1, 0.15) is 22.8 Å². The van der Waals surface area contributed by atoms with Crippen LogP contribution in [0.15, 0.2) is 54.3 Å². The maximum Gasteiger partial charge on any atom is 0.511 e. The molecule has 1 atom stereocenters. The van der Waals surface area contributed by atoms with Gasteiger partial charge in [0.25, 0.3) is 0 Å². The lowest BCUT2D eigenvalue weighted by Crippen LogP contribution is -2.18. The molecular weight excluding hydrogens is 268 g/mol. The first-order valence-corrected chi connectivity index (χ1v) is 6.58. The third-order valence-electron chi connectivity index (χ3n) is 3.31. The molecule has 1 aliphatic heterocycles. The summed E-state index contributed by atoms with van der Waals surface area (Å²) < 4.78 is 10.8. The fourth-order valence-electron chi connectivity index (χ4n) is 2.28. The molecular formula is C17H14O4. The molecule has 106 valence electrons. The van der Waals surface area contributed by atoms with Crippen LogP contribution in [0.25, 0.3) is 6.08 Å². The van der Waals surface area contributed by atoms with Gasteiger partial charge in [0.2, 0.25) is 0 Å². The van der Waals surface area contributed by atoms with Gasteiger partial charge in [0, 0.05) is 11.1 Å². The summed E-state index contributed by atoms with van der Waals surface area (Å²) in [5.74, 6) is 0.978. The normalized spacial score (nSPS) is 16.4. The average Bonchev–Trinajstić information content (AvgIpc) is 2.47. The van der Waals surface area contributed by atoms with Crippen LogP contribution in [0.5, 0.6) is 5.75 Å². The number of benzene rings is 2. The van der Waals surface area contributed by atoms with Crippen LogP contribution < -0.4 is 4.74 Å². The molecule has 0 bridgehead atoms. The highest BCUT2D eigenvalue weighted by Crippen LogP contribution is 2.37. The van der Waals surface area contributed by atoms with Crippen molar-refractivity contribution in [2.24, 2.45) is 0 Å². The van der Waals surface area contributed by atoms with Crippen molar-refractivity contribution in [3.8, 4) is 5.75 Å². The van der Waals surface area contributed by atoms with Crippen LogP contribution in [-0.2, 0) is 4.74 Å². The van der Waals surface area contributed by atoms with E-state index in [4.69, 9.17) is 14.6 Å². The summed E-state index contributed by atoms with van der Waals surface area (Å²) in [6.45, 7) is 1.99. The molecule has 0 amide bonds. The van der Waals surface area contributed by atoms with Crippen molar-refractivity contribution in [2.45, 2.75) is 13.0 Å². The van der Waals surface area contributed by atoms with Crippen molar-refractivity contribution in [2.75, 3.05) is 0 Å². The van der Waals surface area contributed by atoms with E-state index in [-0.39, 0.29) is 5.76 Å². The van der Waals surface area contributed by atoms with Gasteiger partial charge in [-0.2, -0.15) is 0 Å². The lowest BCUT2D eigenvalue weighted by molar-refractivity contribution is 0.0899. The second-order valence-electron chi connectivity index (χ2n) is 4.86. The molecule has 1 unspecified atom stereocenters. The minimum Gasteiger partial charge on any atom is -0.477 e. The molecule has 0 aliphatic carbocycles. The van der Waals surface area contributed by atoms with Gasteiger partial charge < -0.3 is 14.6 Å². The summed E-state index contributed by atoms with van der Waals surface area (Å²) in [5, 5.41) is 8.90. The largest absolute Gasteiger partial charge is 0.511 e. The first-order chi connectivity index (χ1) is 10.1. The van der Waals surface area contributed by atoms with Crippen molar-refractivity contribution in [3.05, 3.63) is 71.0 Å². The molecule has 2 aromatic rings. The van der Waals surface area contributed by atoms with Crippen LogP contribution in [0, 0.1) is 6.92 Å². The lowest BCUT2D eigenvalue weighted by Gasteiger charge is -2.26. The first kappa shape index (κ1) is 13.2. The van der Waals surface area contributed by atoms with Crippen LogP contribution in [0.4, 0.5) is 4.79 Å². The molecule has 1 aliphatic rings. The number of para-hydroxylation sites is 1. The highest BCUT2D eigenvalue weighted by Gasteiger charge is 2.27. The number of fused-ring (bicyclic) bond motifs is 1. The molecule has 1 N–H and O–H groups in total. The smallest absolute Gasteiger partial charge is 0.477 e. The second kappa shape index (κ2) is 5.32. The Bertz CT molecular complexity index is 701. The topological polar surface area (TPSA) is 55.8 Å². The summed E-state index contributed by atoms with van der Waals surface area (Å²) in [5.41, 5.74) is 2.78. The van der Waals surface area contributed by atoms with Crippen molar-refractivity contribution >= 4 is 12.2 Å². The van der Waals surface area contributed by atoms with E-state index in [2.05, 4.69) is 0 Å². The molecule has 0 aromatic heterocycles. The van der Waals surface area contributed by atoms with Crippen LogP contribution in [0.3, 0.4) is 0 Å². The number of hydrogen-bond acceptors (Lipinski definition) is 3. The van der Waals surface area contributed by atoms with E-state index in [0.29, 0.717) is 5.75 Å². The molecule has 0 saturated heterocycles.